The number of halogens is 1. The molecule has 0 unspecified atom stereocenters. The summed E-state index contributed by atoms with van der Waals surface area (Å²) in [5.41, 5.74) is 0.610. The summed E-state index contributed by atoms with van der Waals surface area (Å²) in [5.74, 6) is -0.390. The standard InChI is InChI=1S/C14H18BFN2O2/c1-9-8-17-12-11(16)10(6-7-18(9)12)15-19-13(2,3)14(4,5)20-15/h6-8H,1-5H3. The van der Waals surface area contributed by atoms with Crippen LogP contribution in [0.1, 0.15) is 33.4 Å². The minimum absolute atomic E-state index is 0.301. The lowest BCUT2D eigenvalue weighted by molar-refractivity contribution is 0.00578. The van der Waals surface area contributed by atoms with Crippen LogP contribution in [0.2, 0.25) is 0 Å². The quantitative estimate of drug-likeness (QED) is 0.748. The van der Waals surface area contributed by atoms with Crippen LogP contribution >= 0.6 is 0 Å². The summed E-state index contributed by atoms with van der Waals surface area (Å²) in [7, 11) is -0.706. The van der Waals surface area contributed by atoms with Crippen LogP contribution < -0.4 is 5.46 Å². The third-order valence-corrected chi connectivity index (χ3v) is 4.34. The van der Waals surface area contributed by atoms with Gasteiger partial charge in [-0.25, -0.2) is 9.37 Å². The summed E-state index contributed by atoms with van der Waals surface area (Å²) in [4.78, 5) is 4.10. The van der Waals surface area contributed by atoms with Gasteiger partial charge in [-0.2, -0.15) is 0 Å². The van der Waals surface area contributed by atoms with Crippen molar-refractivity contribution in [3.63, 3.8) is 0 Å². The fraction of sp³-hybridized carbons (Fsp3) is 0.500. The first-order chi connectivity index (χ1) is 9.23. The van der Waals surface area contributed by atoms with Gasteiger partial charge in [-0.05, 0) is 40.7 Å². The third kappa shape index (κ3) is 1.78. The molecule has 1 saturated heterocycles. The maximum absolute atomic E-state index is 14.6. The van der Waals surface area contributed by atoms with Crippen LogP contribution in [0.15, 0.2) is 18.5 Å². The Kier molecular flexibility index (Phi) is 2.75. The highest BCUT2D eigenvalue weighted by atomic mass is 19.1. The van der Waals surface area contributed by atoms with Crippen LogP contribution in [-0.4, -0.2) is 27.7 Å². The molecule has 0 bridgehead atoms. The number of nitrogens with zero attached hydrogens (tertiary/aromatic N) is 2. The number of aryl methyl sites for hydroxylation is 1. The van der Waals surface area contributed by atoms with Crippen molar-refractivity contribution in [3.05, 3.63) is 30.0 Å². The number of fused-ring (bicyclic) bond motifs is 1. The van der Waals surface area contributed by atoms with Gasteiger partial charge in [0.25, 0.3) is 0 Å². The summed E-state index contributed by atoms with van der Waals surface area (Å²) in [5, 5.41) is 0. The van der Waals surface area contributed by atoms with Gasteiger partial charge in [-0.1, -0.05) is 0 Å². The summed E-state index contributed by atoms with van der Waals surface area (Å²) in [6, 6.07) is 1.69. The lowest BCUT2D eigenvalue weighted by Gasteiger charge is -2.32. The van der Waals surface area contributed by atoms with Crippen molar-refractivity contribution < 1.29 is 13.7 Å². The molecule has 0 saturated carbocycles. The molecule has 1 aliphatic heterocycles. The minimum Gasteiger partial charge on any atom is -0.399 e. The summed E-state index contributed by atoms with van der Waals surface area (Å²) < 4.78 is 28.1. The number of hydrogen-bond donors (Lipinski definition) is 0. The van der Waals surface area contributed by atoms with Gasteiger partial charge in [0.15, 0.2) is 11.5 Å². The van der Waals surface area contributed by atoms with Crippen molar-refractivity contribution in [2.45, 2.75) is 45.8 Å². The fourth-order valence-corrected chi connectivity index (χ4v) is 2.31. The van der Waals surface area contributed by atoms with E-state index in [2.05, 4.69) is 4.98 Å². The Bertz CT molecular complexity index is 665. The number of hydrogen-bond acceptors (Lipinski definition) is 3. The van der Waals surface area contributed by atoms with Crippen LogP contribution in [-0.2, 0) is 9.31 Å². The average Bonchev–Trinajstić information content (AvgIpc) is 2.79. The molecule has 3 heterocycles. The highest BCUT2D eigenvalue weighted by Crippen LogP contribution is 2.36. The molecule has 3 rings (SSSR count). The van der Waals surface area contributed by atoms with Gasteiger partial charge < -0.3 is 13.7 Å². The molecular weight excluding hydrogens is 258 g/mol. The normalized spacial score (nSPS) is 20.8. The molecule has 0 spiro atoms. The molecule has 2 aromatic heterocycles. The molecule has 0 atom stereocenters. The third-order valence-electron chi connectivity index (χ3n) is 4.34. The van der Waals surface area contributed by atoms with Crippen molar-refractivity contribution >= 4 is 18.2 Å². The molecule has 1 fully saturated rings. The zero-order valence-corrected chi connectivity index (χ0v) is 12.4. The van der Waals surface area contributed by atoms with Gasteiger partial charge in [0.1, 0.15) is 0 Å². The fourth-order valence-electron chi connectivity index (χ4n) is 2.31. The van der Waals surface area contributed by atoms with Gasteiger partial charge in [-0.15, -0.1) is 0 Å². The zero-order chi connectivity index (χ0) is 14.7. The highest BCUT2D eigenvalue weighted by molar-refractivity contribution is 6.62. The van der Waals surface area contributed by atoms with Crippen molar-refractivity contribution in [2.24, 2.45) is 0 Å². The summed E-state index contributed by atoms with van der Waals surface area (Å²) in [6.45, 7) is 9.67. The Hall–Kier alpha value is -1.40. The van der Waals surface area contributed by atoms with Crippen LogP contribution in [0.25, 0.3) is 5.65 Å². The average molecular weight is 276 g/mol. The van der Waals surface area contributed by atoms with E-state index < -0.39 is 18.3 Å². The van der Waals surface area contributed by atoms with Gasteiger partial charge in [-0.3, -0.25) is 0 Å². The maximum Gasteiger partial charge on any atom is 0.498 e. The van der Waals surface area contributed by atoms with E-state index >= 15 is 0 Å². The molecule has 0 amide bonds. The van der Waals surface area contributed by atoms with E-state index in [4.69, 9.17) is 9.31 Å². The van der Waals surface area contributed by atoms with E-state index in [0.29, 0.717) is 11.1 Å². The Morgan fingerprint density at radius 3 is 2.40 bits per heavy atom. The molecular formula is C14H18BFN2O2. The molecule has 0 aliphatic carbocycles. The Labute approximate surface area is 118 Å². The van der Waals surface area contributed by atoms with Gasteiger partial charge >= 0.3 is 7.12 Å². The van der Waals surface area contributed by atoms with Crippen LogP contribution in [0.5, 0.6) is 0 Å². The van der Waals surface area contributed by atoms with E-state index in [0.717, 1.165) is 5.69 Å². The largest absolute Gasteiger partial charge is 0.498 e. The first-order valence-electron chi connectivity index (χ1n) is 6.71. The molecule has 4 nitrogen and oxygen atoms in total. The topological polar surface area (TPSA) is 35.8 Å². The molecule has 6 heteroatoms. The van der Waals surface area contributed by atoms with Crippen LogP contribution in [0.4, 0.5) is 4.39 Å². The van der Waals surface area contributed by atoms with Crippen LogP contribution in [0, 0.1) is 12.7 Å². The molecule has 0 radical (unpaired) electrons. The molecule has 1 aliphatic rings. The van der Waals surface area contributed by atoms with Crippen molar-refractivity contribution in [1.29, 1.82) is 0 Å². The first kappa shape index (κ1) is 13.6. The smallest absolute Gasteiger partial charge is 0.399 e. The Morgan fingerprint density at radius 1 is 1.20 bits per heavy atom. The zero-order valence-electron chi connectivity index (χ0n) is 12.4. The molecule has 20 heavy (non-hydrogen) atoms. The number of imidazole rings is 1. The Morgan fingerprint density at radius 2 is 1.80 bits per heavy atom. The lowest BCUT2D eigenvalue weighted by Crippen LogP contribution is -2.41. The predicted octanol–water partition coefficient (Wildman–Crippen LogP) is 2.08. The van der Waals surface area contributed by atoms with Crippen LogP contribution in [0.3, 0.4) is 0 Å². The molecule has 106 valence electrons. The number of aromatic nitrogens is 2. The van der Waals surface area contributed by atoms with Crippen molar-refractivity contribution in [2.75, 3.05) is 0 Å². The summed E-state index contributed by atoms with van der Waals surface area (Å²) in [6.07, 6.45) is 3.44. The SMILES string of the molecule is Cc1cnc2c(F)c(B3OC(C)(C)C(C)(C)O3)ccn12. The molecule has 2 aromatic rings. The minimum atomic E-state index is -0.706. The van der Waals surface area contributed by atoms with E-state index in [1.807, 2.05) is 34.6 Å². The molecule has 0 aromatic carbocycles. The van der Waals surface area contributed by atoms with Crippen molar-refractivity contribution in [3.8, 4) is 0 Å². The predicted molar refractivity (Wildman–Crippen MR) is 75.6 cm³/mol. The van der Waals surface area contributed by atoms with Crippen molar-refractivity contribution in [1.82, 2.24) is 9.38 Å². The monoisotopic (exact) mass is 276 g/mol. The second-order valence-corrected chi connectivity index (χ2v) is 6.27. The van der Waals surface area contributed by atoms with Gasteiger partial charge in [0, 0.05) is 23.6 Å². The second-order valence-electron chi connectivity index (χ2n) is 6.27. The van der Waals surface area contributed by atoms with Gasteiger partial charge in [0.2, 0.25) is 0 Å². The number of pyridine rings is 1. The highest BCUT2D eigenvalue weighted by Gasteiger charge is 2.52. The first-order valence-corrected chi connectivity index (χ1v) is 6.71. The lowest BCUT2D eigenvalue weighted by atomic mass is 9.79. The van der Waals surface area contributed by atoms with E-state index in [1.54, 1.807) is 22.9 Å². The Balaban J connectivity index is 2.06. The van der Waals surface area contributed by atoms with E-state index in [-0.39, 0.29) is 5.82 Å². The van der Waals surface area contributed by atoms with E-state index in [1.165, 1.54) is 0 Å². The maximum atomic E-state index is 14.6. The van der Waals surface area contributed by atoms with Gasteiger partial charge in [0.05, 0.1) is 11.2 Å². The summed E-state index contributed by atoms with van der Waals surface area (Å²) >= 11 is 0. The number of rotatable bonds is 1. The molecule has 0 N–H and O–H groups in total. The second kappa shape index (κ2) is 4.05. The van der Waals surface area contributed by atoms with E-state index in [9.17, 15) is 4.39 Å².